The average Bonchev–Trinajstić information content (AvgIpc) is 2.90. The standard InChI is InChI=1S/C16H22N2O4S/c1-2-5-9-8-12(13(17)19)15(23-9)18-14(20)10-6-3-4-7-11(10)16(21)22/h8,10-11H,2-7H2,1H3,(H2,17,19)(H,18,20)(H,21,22)/t10-,11+/m0/s1. The Balaban J connectivity index is 2.18. The molecule has 7 heteroatoms. The average molecular weight is 338 g/mol. The number of thiophene rings is 1. The molecule has 0 saturated heterocycles. The van der Waals surface area contributed by atoms with E-state index in [2.05, 4.69) is 5.32 Å². The van der Waals surface area contributed by atoms with Gasteiger partial charge in [-0.1, -0.05) is 26.2 Å². The van der Waals surface area contributed by atoms with Crippen molar-refractivity contribution in [3.05, 3.63) is 16.5 Å². The van der Waals surface area contributed by atoms with Gasteiger partial charge >= 0.3 is 5.97 Å². The van der Waals surface area contributed by atoms with Gasteiger partial charge in [0, 0.05) is 4.88 Å². The van der Waals surface area contributed by atoms with E-state index in [9.17, 15) is 19.5 Å². The van der Waals surface area contributed by atoms with Crippen LogP contribution in [0, 0.1) is 11.8 Å². The van der Waals surface area contributed by atoms with E-state index in [-0.39, 0.29) is 5.91 Å². The third-order valence-corrected chi connectivity index (χ3v) is 5.31. The van der Waals surface area contributed by atoms with Crippen LogP contribution in [0.2, 0.25) is 0 Å². The zero-order valence-electron chi connectivity index (χ0n) is 13.1. The van der Waals surface area contributed by atoms with E-state index >= 15 is 0 Å². The third kappa shape index (κ3) is 4.10. The second-order valence-corrected chi connectivity index (χ2v) is 7.03. The lowest BCUT2D eigenvalue weighted by Crippen LogP contribution is -2.36. The van der Waals surface area contributed by atoms with Crippen LogP contribution in [0.4, 0.5) is 5.00 Å². The van der Waals surface area contributed by atoms with Gasteiger partial charge in [0.2, 0.25) is 5.91 Å². The number of anilines is 1. The van der Waals surface area contributed by atoms with Crippen LogP contribution in [0.15, 0.2) is 6.07 Å². The van der Waals surface area contributed by atoms with Gasteiger partial charge in [0.15, 0.2) is 0 Å². The molecular formula is C16H22N2O4S. The Morgan fingerprint density at radius 1 is 1.30 bits per heavy atom. The van der Waals surface area contributed by atoms with E-state index in [0.717, 1.165) is 30.6 Å². The summed E-state index contributed by atoms with van der Waals surface area (Å²) in [6, 6.07) is 1.71. The van der Waals surface area contributed by atoms with Crippen LogP contribution in [-0.2, 0) is 16.0 Å². The number of carboxylic acid groups (broad SMARTS) is 1. The molecular weight excluding hydrogens is 316 g/mol. The van der Waals surface area contributed by atoms with Crippen molar-refractivity contribution in [3.8, 4) is 0 Å². The summed E-state index contributed by atoms with van der Waals surface area (Å²) < 4.78 is 0. The van der Waals surface area contributed by atoms with Crippen molar-refractivity contribution in [2.24, 2.45) is 17.6 Å². The molecule has 2 rings (SSSR count). The Morgan fingerprint density at radius 3 is 2.52 bits per heavy atom. The van der Waals surface area contributed by atoms with Crippen molar-refractivity contribution in [3.63, 3.8) is 0 Å². The predicted molar refractivity (Wildman–Crippen MR) is 88.5 cm³/mol. The monoisotopic (exact) mass is 338 g/mol. The van der Waals surface area contributed by atoms with Crippen LogP contribution >= 0.6 is 11.3 Å². The lowest BCUT2D eigenvalue weighted by molar-refractivity contribution is -0.147. The van der Waals surface area contributed by atoms with Gasteiger partial charge in [0.05, 0.1) is 17.4 Å². The van der Waals surface area contributed by atoms with Gasteiger partial charge in [-0.05, 0) is 25.3 Å². The zero-order valence-corrected chi connectivity index (χ0v) is 13.9. The number of nitrogens with one attached hydrogen (secondary N) is 1. The molecule has 1 fully saturated rings. The molecule has 1 saturated carbocycles. The molecule has 0 aliphatic heterocycles. The molecule has 0 spiro atoms. The topological polar surface area (TPSA) is 109 Å². The first-order chi connectivity index (χ1) is 10.9. The molecule has 23 heavy (non-hydrogen) atoms. The van der Waals surface area contributed by atoms with E-state index in [1.807, 2.05) is 6.92 Å². The SMILES string of the molecule is CCCc1cc(C(N)=O)c(NC(=O)[C@H]2CCCC[C@H]2C(=O)O)s1. The Kier molecular flexibility index (Phi) is 5.76. The largest absolute Gasteiger partial charge is 0.481 e. The maximum absolute atomic E-state index is 12.5. The molecule has 1 aliphatic carbocycles. The van der Waals surface area contributed by atoms with Crippen LogP contribution < -0.4 is 11.1 Å². The minimum absolute atomic E-state index is 0.300. The Hall–Kier alpha value is -1.89. The molecule has 0 bridgehead atoms. The van der Waals surface area contributed by atoms with Crippen molar-refractivity contribution in [2.45, 2.75) is 45.4 Å². The van der Waals surface area contributed by atoms with E-state index in [1.165, 1.54) is 11.3 Å². The lowest BCUT2D eigenvalue weighted by atomic mass is 9.79. The van der Waals surface area contributed by atoms with Crippen molar-refractivity contribution in [2.75, 3.05) is 5.32 Å². The molecule has 4 N–H and O–H groups in total. The molecule has 1 aliphatic rings. The number of rotatable bonds is 6. The molecule has 6 nitrogen and oxygen atoms in total. The van der Waals surface area contributed by atoms with E-state index in [1.54, 1.807) is 6.07 Å². The molecule has 2 atom stereocenters. The minimum atomic E-state index is -0.933. The van der Waals surface area contributed by atoms with Gasteiger partial charge in [0.25, 0.3) is 5.91 Å². The fourth-order valence-corrected chi connectivity index (χ4v) is 4.20. The predicted octanol–water partition coefficient (Wildman–Crippen LogP) is 2.63. The first-order valence-electron chi connectivity index (χ1n) is 7.90. The maximum Gasteiger partial charge on any atom is 0.307 e. The van der Waals surface area contributed by atoms with Gasteiger partial charge < -0.3 is 16.2 Å². The molecule has 1 aromatic rings. The molecule has 0 aromatic carbocycles. The van der Waals surface area contributed by atoms with Gasteiger partial charge in [-0.2, -0.15) is 0 Å². The fourth-order valence-electron chi connectivity index (χ4n) is 3.03. The number of carboxylic acids is 1. The summed E-state index contributed by atoms with van der Waals surface area (Å²) in [5.41, 5.74) is 5.68. The van der Waals surface area contributed by atoms with Gasteiger partial charge in [-0.15, -0.1) is 11.3 Å². The summed E-state index contributed by atoms with van der Waals surface area (Å²) in [5, 5.41) is 12.5. The number of hydrogen-bond acceptors (Lipinski definition) is 4. The van der Waals surface area contributed by atoms with Crippen LogP contribution in [0.3, 0.4) is 0 Å². The van der Waals surface area contributed by atoms with Crippen LogP contribution in [0.1, 0.15) is 54.3 Å². The van der Waals surface area contributed by atoms with Gasteiger partial charge in [-0.25, -0.2) is 0 Å². The van der Waals surface area contributed by atoms with Crippen LogP contribution in [0.5, 0.6) is 0 Å². The number of carbonyl (C=O) groups is 3. The molecule has 1 aromatic heterocycles. The number of hydrogen-bond donors (Lipinski definition) is 3. The number of nitrogens with two attached hydrogens (primary N) is 1. The second kappa shape index (κ2) is 7.59. The molecule has 1 heterocycles. The molecule has 126 valence electrons. The number of amides is 2. The Morgan fingerprint density at radius 2 is 1.96 bits per heavy atom. The molecule has 0 unspecified atom stereocenters. The molecule has 2 amide bonds. The van der Waals surface area contributed by atoms with Crippen LogP contribution in [-0.4, -0.2) is 22.9 Å². The highest BCUT2D eigenvalue weighted by Crippen LogP contribution is 2.34. The minimum Gasteiger partial charge on any atom is -0.481 e. The smallest absolute Gasteiger partial charge is 0.307 e. The number of primary amides is 1. The summed E-state index contributed by atoms with van der Waals surface area (Å²) >= 11 is 1.33. The highest BCUT2D eigenvalue weighted by atomic mass is 32.1. The quantitative estimate of drug-likeness (QED) is 0.740. The molecule has 0 radical (unpaired) electrons. The van der Waals surface area contributed by atoms with E-state index < -0.39 is 23.7 Å². The van der Waals surface area contributed by atoms with E-state index in [4.69, 9.17) is 5.73 Å². The summed E-state index contributed by atoms with van der Waals surface area (Å²) in [5.74, 6) is -3.06. The summed E-state index contributed by atoms with van der Waals surface area (Å²) in [7, 11) is 0. The maximum atomic E-state index is 12.5. The first kappa shape index (κ1) is 17.5. The first-order valence-corrected chi connectivity index (χ1v) is 8.71. The highest BCUT2D eigenvalue weighted by Gasteiger charge is 2.36. The number of carbonyl (C=O) groups excluding carboxylic acids is 2. The van der Waals surface area contributed by atoms with E-state index in [0.29, 0.717) is 23.4 Å². The summed E-state index contributed by atoms with van der Waals surface area (Å²) in [4.78, 5) is 36.4. The van der Waals surface area contributed by atoms with Crippen molar-refractivity contribution in [1.29, 1.82) is 0 Å². The fraction of sp³-hybridized carbons (Fsp3) is 0.562. The van der Waals surface area contributed by atoms with Crippen molar-refractivity contribution < 1.29 is 19.5 Å². The number of aryl methyl sites for hydroxylation is 1. The summed E-state index contributed by atoms with van der Waals surface area (Å²) in [6.07, 6.45) is 4.48. The van der Waals surface area contributed by atoms with Crippen LogP contribution in [0.25, 0.3) is 0 Å². The van der Waals surface area contributed by atoms with Crippen molar-refractivity contribution >= 4 is 34.1 Å². The van der Waals surface area contributed by atoms with Gasteiger partial charge in [0.1, 0.15) is 5.00 Å². The lowest BCUT2D eigenvalue weighted by Gasteiger charge is -2.27. The summed E-state index contributed by atoms with van der Waals surface area (Å²) in [6.45, 7) is 2.03. The van der Waals surface area contributed by atoms with Gasteiger partial charge in [-0.3, -0.25) is 14.4 Å². The highest BCUT2D eigenvalue weighted by molar-refractivity contribution is 7.16. The zero-order chi connectivity index (χ0) is 17.0. The normalized spacial score (nSPS) is 20.9. The third-order valence-electron chi connectivity index (χ3n) is 4.20. The second-order valence-electron chi connectivity index (χ2n) is 5.89. The Labute approximate surface area is 139 Å². The number of aliphatic carboxylic acids is 1. The Bertz CT molecular complexity index is 611. The van der Waals surface area contributed by atoms with Crippen molar-refractivity contribution in [1.82, 2.24) is 0 Å².